The van der Waals surface area contributed by atoms with Crippen LogP contribution in [0.1, 0.15) is 15.9 Å². The van der Waals surface area contributed by atoms with Crippen LogP contribution in [0.15, 0.2) is 29.3 Å². The van der Waals surface area contributed by atoms with Crippen LogP contribution in [-0.2, 0) is 0 Å². The number of carbonyl (C=O) groups excluding carboxylic acids is 1. The largest absolute Gasteiger partial charge is 0.390 e. The van der Waals surface area contributed by atoms with Crippen molar-refractivity contribution < 1.29 is 4.79 Å². The predicted molar refractivity (Wildman–Crippen MR) is 48.2 cm³/mol. The summed E-state index contributed by atoms with van der Waals surface area (Å²) in [7, 11) is 0. The summed E-state index contributed by atoms with van der Waals surface area (Å²) in [6, 6.07) is 7.17. The number of amides is 1. The molecule has 0 aliphatic heterocycles. The molecule has 0 fully saturated rings. The zero-order valence-corrected chi connectivity index (χ0v) is 6.82. The van der Waals surface area contributed by atoms with E-state index in [9.17, 15) is 4.79 Å². The molecule has 3 nitrogen and oxygen atoms in total. The average molecular weight is 162 g/mol. The minimum Gasteiger partial charge on any atom is -0.390 e. The summed E-state index contributed by atoms with van der Waals surface area (Å²) in [5.74, 6) is -0.308. The van der Waals surface area contributed by atoms with Gasteiger partial charge in [-0.25, -0.2) is 0 Å². The summed E-state index contributed by atoms with van der Waals surface area (Å²) in [6.07, 6.45) is 1.00. The molecule has 1 rings (SSSR count). The van der Waals surface area contributed by atoms with Crippen LogP contribution in [0.5, 0.6) is 0 Å². The van der Waals surface area contributed by atoms with Gasteiger partial charge in [0.25, 0.3) is 5.91 Å². The van der Waals surface area contributed by atoms with Crippen LogP contribution < -0.4 is 5.73 Å². The Balaban J connectivity index is 2.90. The van der Waals surface area contributed by atoms with E-state index in [1.54, 1.807) is 12.1 Å². The Labute approximate surface area is 70.9 Å². The smallest absolute Gasteiger partial charge is 0.278 e. The fourth-order valence-electron chi connectivity index (χ4n) is 0.838. The Hall–Kier alpha value is -1.64. The lowest BCUT2D eigenvalue weighted by atomic mass is 10.1. The number of nitrogens with two attached hydrogens (primary N) is 1. The van der Waals surface area contributed by atoms with E-state index in [1.807, 2.05) is 19.1 Å². The van der Waals surface area contributed by atoms with Crippen molar-refractivity contribution in [2.45, 2.75) is 6.92 Å². The highest BCUT2D eigenvalue weighted by Crippen LogP contribution is 2.03. The number of aryl methyl sites for hydroxylation is 1. The fraction of sp³-hybridized carbons (Fsp3) is 0.111. The summed E-state index contributed by atoms with van der Waals surface area (Å²) >= 11 is 0. The molecule has 0 saturated carbocycles. The van der Waals surface area contributed by atoms with E-state index in [0.29, 0.717) is 5.56 Å². The minimum absolute atomic E-state index is 0.308. The van der Waals surface area contributed by atoms with E-state index in [0.717, 1.165) is 11.9 Å². The molecule has 1 amide bonds. The molecule has 0 aliphatic rings. The second-order valence-corrected chi connectivity index (χ2v) is 2.45. The highest BCUT2D eigenvalue weighted by Gasteiger charge is 2.00. The summed E-state index contributed by atoms with van der Waals surface area (Å²) in [6.45, 7) is 1.96. The van der Waals surface area contributed by atoms with Crippen LogP contribution in [0.25, 0.3) is 0 Å². The number of aliphatic imine (C=N–C) groups is 1. The summed E-state index contributed by atoms with van der Waals surface area (Å²) in [4.78, 5) is 14.5. The van der Waals surface area contributed by atoms with Crippen molar-refractivity contribution in [2.75, 3.05) is 0 Å². The maximum atomic E-state index is 11.1. The monoisotopic (exact) mass is 162 g/mol. The zero-order valence-electron chi connectivity index (χ0n) is 6.82. The van der Waals surface area contributed by atoms with Crippen molar-refractivity contribution in [1.82, 2.24) is 0 Å². The van der Waals surface area contributed by atoms with Gasteiger partial charge in [0.15, 0.2) is 0 Å². The van der Waals surface area contributed by atoms with Gasteiger partial charge in [-0.05, 0) is 19.1 Å². The van der Waals surface area contributed by atoms with Gasteiger partial charge in [-0.15, -0.1) is 0 Å². The van der Waals surface area contributed by atoms with Gasteiger partial charge in [0.2, 0.25) is 0 Å². The van der Waals surface area contributed by atoms with Crippen molar-refractivity contribution in [3.63, 3.8) is 0 Å². The first kappa shape index (κ1) is 8.46. The van der Waals surface area contributed by atoms with E-state index in [2.05, 4.69) is 4.99 Å². The van der Waals surface area contributed by atoms with Gasteiger partial charge in [-0.1, -0.05) is 17.7 Å². The standard InChI is InChI=1S/C9H10N2O/c1-7-2-4-8(5-3-7)9(12)11-6-10/h2-6H,1H3,(H2,10,11,12). The van der Waals surface area contributed by atoms with Crippen molar-refractivity contribution >= 4 is 12.2 Å². The van der Waals surface area contributed by atoms with Crippen LogP contribution >= 0.6 is 0 Å². The third-order valence-corrected chi connectivity index (χ3v) is 1.49. The summed E-state index contributed by atoms with van der Waals surface area (Å²) in [5, 5.41) is 0. The maximum absolute atomic E-state index is 11.1. The summed E-state index contributed by atoms with van der Waals surface area (Å²) < 4.78 is 0. The molecular weight excluding hydrogens is 152 g/mol. The van der Waals surface area contributed by atoms with Gasteiger partial charge < -0.3 is 5.73 Å². The van der Waals surface area contributed by atoms with Crippen molar-refractivity contribution in [1.29, 1.82) is 0 Å². The Morgan fingerprint density at radius 2 is 2.00 bits per heavy atom. The molecule has 0 heterocycles. The SMILES string of the molecule is Cc1ccc(C(=O)N=CN)cc1. The molecule has 3 heteroatoms. The molecule has 0 radical (unpaired) electrons. The Morgan fingerprint density at radius 3 is 2.50 bits per heavy atom. The molecule has 0 aliphatic carbocycles. The van der Waals surface area contributed by atoms with E-state index < -0.39 is 0 Å². The molecule has 62 valence electrons. The van der Waals surface area contributed by atoms with Crippen LogP contribution in [0.4, 0.5) is 0 Å². The third kappa shape index (κ3) is 1.92. The highest BCUT2D eigenvalue weighted by molar-refractivity contribution is 5.98. The maximum Gasteiger partial charge on any atom is 0.278 e. The topological polar surface area (TPSA) is 55.5 Å². The lowest BCUT2D eigenvalue weighted by molar-refractivity contribution is 0.100. The number of nitrogens with zero attached hydrogens (tertiary/aromatic N) is 1. The Kier molecular flexibility index (Phi) is 2.58. The first-order valence-electron chi connectivity index (χ1n) is 3.59. The highest BCUT2D eigenvalue weighted by atomic mass is 16.1. The molecule has 0 spiro atoms. The quantitative estimate of drug-likeness (QED) is 0.497. The van der Waals surface area contributed by atoms with Crippen LogP contribution in [0, 0.1) is 6.92 Å². The molecule has 1 aromatic carbocycles. The molecule has 1 aromatic rings. The molecule has 0 saturated heterocycles. The van der Waals surface area contributed by atoms with Crippen molar-refractivity contribution in [3.05, 3.63) is 35.4 Å². The number of rotatable bonds is 1. The van der Waals surface area contributed by atoms with Crippen LogP contribution in [0.3, 0.4) is 0 Å². The first-order valence-corrected chi connectivity index (χ1v) is 3.59. The van der Waals surface area contributed by atoms with Gasteiger partial charge in [-0.3, -0.25) is 4.79 Å². The zero-order chi connectivity index (χ0) is 8.97. The lowest BCUT2D eigenvalue weighted by Gasteiger charge is -1.94. The second kappa shape index (κ2) is 3.67. The molecule has 0 aromatic heterocycles. The number of hydrogen-bond donors (Lipinski definition) is 1. The molecule has 0 bridgehead atoms. The van der Waals surface area contributed by atoms with E-state index >= 15 is 0 Å². The first-order chi connectivity index (χ1) is 5.74. The van der Waals surface area contributed by atoms with Crippen molar-refractivity contribution in [2.24, 2.45) is 10.7 Å². The van der Waals surface area contributed by atoms with Crippen molar-refractivity contribution in [3.8, 4) is 0 Å². The molecule has 12 heavy (non-hydrogen) atoms. The van der Waals surface area contributed by atoms with Gasteiger partial charge in [-0.2, -0.15) is 4.99 Å². The fourth-order valence-corrected chi connectivity index (χ4v) is 0.838. The third-order valence-electron chi connectivity index (χ3n) is 1.49. The number of benzene rings is 1. The molecule has 0 unspecified atom stereocenters. The number of carbonyl (C=O) groups is 1. The Bertz CT molecular complexity index is 301. The minimum atomic E-state index is -0.308. The van der Waals surface area contributed by atoms with Crippen LogP contribution in [0.2, 0.25) is 0 Å². The second-order valence-electron chi connectivity index (χ2n) is 2.45. The summed E-state index contributed by atoms with van der Waals surface area (Å²) in [5.41, 5.74) is 6.66. The van der Waals surface area contributed by atoms with Crippen LogP contribution in [-0.4, -0.2) is 12.2 Å². The predicted octanol–water partition coefficient (Wildman–Crippen LogP) is 1.12. The van der Waals surface area contributed by atoms with Gasteiger partial charge in [0, 0.05) is 5.56 Å². The van der Waals surface area contributed by atoms with E-state index in [4.69, 9.17) is 5.73 Å². The molecule has 0 atom stereocenters. The average Bonchev–Trinajstić information content (AvgIpc) is 2.06. The normalized spacial score (nSPS) is 10.4. The molecule has 2 N–H and O–H groups in total. The van der Waals surface area contributed by atoms with Gasteiger partial charge in [0.1, 0.15) is 0 Å². The Morgan fingerprint density at radius 1 is 1.42 bits per heavy atom. The van der Waals surface area contributed by atoms with Gasteiger partial charge >= 0.3 is 0 Å². The van der Waals surface area contributed by atoms with Gasteiger partial charge in [0.05, 0.1) is 6.34 Å². The van der Waals surface area contributed by atoms with E-state index in [-0.39, 0.29) is 5.91 Å². The lowest BCUT2D eigenvalue weighted by Crippen LogP contribution is -1.98. The van der Waals surface area contributed by atoms with E-state index in [1.165, 1.54) is 0 Å². The molecular formula is C9H10N2O. The number of hydrogen-bond acceptors (Lipinski definition) is 1.